The van der Waals surface area contributed by atoms with Crippen molar-refractivity contribution in [3.05, 3.63) is 106 Å². The predicted octanol–water partition coefficient (Wildman–Crippen LogP) is 7.04. The number of hydrogen-bond acceptors (Lipinski definition) is 2. The summed E-state index contributed by atoms with van der Waals surface area (Å²) in [6.07, 6.45) is 8.05. The first kappa shape index (κ1) is 22.3. The Morgan fingerprint density at radius 2 is 0.800 bits per heavy atom. The summed E-state index contributed by atoms with van der Waals surface area (Å²) in [6, 6.07) is 16.3. The molecule has 5 heterocycles. The van der Waals surface area contributed by atoms with Gasteiger partial charge < -0.3 is 9.97 Å². The molecule has 35 heavy (non-hydrogen) atoms. The minimum Gasteiger partial charge on any atom is -0.355 e. The number of H-pyrrole nitrogens is 2. The fourth-order valence-electron chi connectivity index (χ4n) is 3.49. The van der Waals surface area contributed by atoms with Gasteiger partial charge in [0.25, 0.3) is 0 Å². The zero-order valence-electron chi connectivity index (χ0n) is 17.8. The fourth-order valence-corrected chi connectivity index (χ4v) is 3.49. The second-order valence-electron chi connectivity index (χ2n) is 7.69. The molecular weight excluding hydrogens is 463 g/mol. The van der Waals surface area contributed by atoms with Crippen LogP contribution < -0.4 is 0 Å². The van der Waals surface area contributed by atoms with Crippen molar-refractivity contribution in [2.45, 2.75) is 0 Å². The zero-order valence-corrected chi connectivity index (χ0v) is 17.8. The van der Waals surface area contributed by atoms with Gasteiger partial charge >= 0.3 is 0 Å². The van der Waals surface area contributed by atoms with Gasteiger partial charge in [0.15, 0.2) is 23.3 Å². The van der Waals surface area contributed by atoms with Gasteiger partial charge in [0.2, 0.25) is 5.82 Å². The van der Waals surface area contributed by atoms with E-state index in [2.05, 4.69) is 50.3 Å². The van der Waals surface area contributed by atoms with Crippen LogP contribution >= 0.6 is 0 Å². The van der Waals surface area contributed by atoms with E-state index in [0.717, 1.165) is 44.8 Å². The van der Waals surface area contributed by atoms with Crippen molar-refractivity contribution in [2.24, 2.45) is 0 Å². The first-order valence-electron chi connectivity index (χ1n) is 10.4. The van der Waals surface area contributed by atoms with Gasteiger partial charge in [0, 0.05) is 28.1 Å². The average Bonchev–Trinajstić information content (AvgIpc) is 3.63. The molecule has 0 saturated carbocycles. The molecule has 0 spiro atoms. The van der Waals surface area contributed by atoms with E-state index >= 15 is 0 Å². The van der Waals surface area contributed by atoms with Crippen LogP contribution in [-0.2, 0) is 0 Å². The molecule has 0 atom stereocenters. The van der Waals surface area contributed by atoms with Crippen LogP contribution in [0.25, 0.3) is 46.4 Å². The molecule has 0 saturated heterocycles. The molecule has 3 aromatic heterocycles. The van der Waals surface area contributed by atoms with Crippen LogP contribution in [0.4, 0.5) is 22.0 Å². The summed E-state index contributed by atoms with van der Waals surface area (Å²) in [5.74, 6) is -9.65. The van der Waals surface area contributed by atoms with Crippen molar-refractivity contribution >= 4 is 46.4 Å². The van der Waals surface area contributed by atoms with Crippen LogP contribution in [0, 0.1) is 29.1 Å². The highest BCUT2D eigenvalue weighted by molar-refractivity contribution is 5.77. The summed E-state index contributed by atoms with van der Waals surface area (Å²) in [6.45, 7) is 0. The van der Waals surface area contributed by atoms with Gasteiger partial charge in [-0.3, -0.25) is 0 Å². The van der Waals surface area contributed by atoms with Crippen LogP contribution in [0.1, 0.15) is 22.8 Å². The first-order chi connectivity index (χ1) is 16.8. The van der Waals surface area contributed by atoms with Gasteiger partial charge in [-0.05, 0) is 72.8 Å². The lowest BCUT2D eigenvalue weighted by atomic mass is 10.3. The maximum absolute atomic E-state index is 12.0. The van der Waals surface area contributed by atoms with E-state index in [9.17, 15) is 22.0 Å². The molecule has 9 heteroatoms. The summed E-state index contributed by atoms with van der Waals surface area (Å²) >= 11 is 0. The summed E-state index contributed by atoms with van der Waals surface area (Å²) < 4.78 is 60.0. The minimum atomic E-state index is -2.14. The Bertz CT molecular complexity index is 1550. The summed E-state index contributed by atoms with van der Waals surface area (Å²) in [5, 5.41) is 0. The van der Waals surface area contributed by atoms with Crippen molar-refractivity contribution in [2.75, 3.05) is 0 Å². The molecule has 174 valence electrons. The quantitative estimate of drug-likeness (QED) is 0.140. The van der Waals surface area contributed by atoms with Crippen LogP contribution in [-0.4, -0.2) is 19.9 Å². The Labute approximate surface area is 195 Å². The second kappa shape index (κ2) is 9.02. The second-order valence-corrected chi connectivity index (χ2v) is 7.69. The van der Waals surface area contributed by atoms with Crippen LogP contribution in [0.3, 0.4) is 0 Å². The van der Waals surface area contributed by atoms with Crippen LogP contribution in [0.15, 0.2) is 54.6 Å². The molecule has 6 rings (SSSR count). The molecule has 2 aliphatic rings. The lowest BCUT2D eigenvalue weighted by Gasteiger charge is -1.96. The van der Waals surface area contributed by atoms with Crippen molar-refractivity contribution in [3.8, 4) is 0 Å². The third kappa shape index (κ3) is 4.89. The van der Waals surface area contributed by atoms with Crippen molar-refractivity contribution in [1.29, 1.82) is 0 Å². The maximum Gasteiger partial charge on any atom is 0.200 e. The van der Waals surface area contributed by atoms with Crippen molar-refractivity contribution in [3.63, 3.8) is 0 Å². The largest absolute Gasteiger partial charge is 0.355 e. The zero-order chi connectivity index (χ0) is 24.5. The third-order valence-electron chi connectivity index (χ3n) is 5.10. The topological polar surface area (TPSA) is 57.4 Å². The Morgan fingerprint density at radius 3 is 1.23 bits per heavy atom. The molecule has 0 radical (unpaired) electrons. The van der Waals surface area contributed by atoms with Gasteiger partial charge in [-0.25, -0.2) is 31.9 Å². The molecule has 8 bridgehead atoms. The van der Waals surface area contributed by atoms with Gasteiger partial charge in [-0.2, -0.15) is 0 Å². The number of aromatic amines is 2. The van der Waals surface area contributed by atoms with E-state index in [0.29, 0.717) is 0 Å². The highest BCUT2D eigenvalue weighted by Gasteiger charge is 2.18. The molecule has 2 N–H and O–H groups in total. The van der Waals surface area contributed by atoms with E-state index in [1.54, 1.807) is 0 Å². The number of nitrogens with zero attached hydrogens (tertiary/aromatic N) is 2. The number of benzene rings is 1. The van der Waals surface area contributed by atoms with Crippen LogP contribution in [0.5, 0.6) is 0 Å². The molecule has 0 unspecified atom stereocenters. The van der Waals surface area contributed by atoms with E-state index in [1.165, 1.54) is 0 Å². The van der Waals surface area contributed by atoms with Crippen molar-refractivity contribution < 1.29 is 22.0 Å². The van der Waals surface area contributed by atoms with E-state index in [1.807, 2.05) is 42.5 Å². The Balaban J connectivity index is 0.000000195. The molecular formula is C26H15F5N4. The number of nitrogens with one attached hydrogen (secondary N) is 2. The first-order valence-corrected chi connectivity index (χ1v) is 10.4. The number of halogens is 5. The summed E-state index contributed by atoms with van der Waals surface area (Å²) in [7, 11) is 0. The Morgan fingerprint density at radius 1 is 0.429 bits per heavy atom. The van der Waals surface area contributed by atoms with E-state index < -0.39 is 29.1 Å². The monoisotopic (exact) mass is 478 g/mol. The molecule has 0 aliphatic carbocycles. The summed E-state index contributed by atoms with van der Waals surface area (Å²) in [4.78, 5) is 16.0. The number of hydrogen-bond donors (Lipinski definition) is 2. The molecule has 0 amide bonds. The van der Waals surface area contributed by atoms with Gasteiger partial charge in [-0.15, -0.1) is 0 Å². The lowest BCUT2D eigenvalue weighted by molar-refractivity contribution is 0.378. The minimum absolute atomic E-state index is 0.0618. The Hall–Kier alpha value is -4.53. The average molecular weight is 478 g/mol. The van der Waals surface area contributed by atoms with Crippen molar-refractivity contribution in [1.82, 2.24) is 19.9 Å². The van der Waals surface area contributed by atoms with Crippen LogP contribution in [0.2, 0.25) is 0 Å². The standard InChI is InChI=1S/C20H14N4.C6HF5/c1-2-14-10-16-5-6-18(23-16)12-20-8-7-19(24-20)11-17-4-3-15(22-17)9-13(1)21-14;7-2-1-3(8)5(10)6(11)4(2)9/h1-12,21-22H;1H. The summed E-state index contributed by atoms with van der Waals surface area (Å²) in [5.41, 5.74) is 7.86. The SMILES string of the molecule is C1=Cc2cc3ccc(cc4ccc(cc5nc(cc1n2)C=C5)[nH]4)[nH]3.Fc1cc(F)c(F)c(F)c1F. The van der Waals surface area contributed by atoms with E-state index in [-0.39, 0.29) is 6.07 Å². The third-order valence-corrected chi connectivity index (χ3v) is 5.10. The molecule has 4 nitrogen and oxygen atoms in total. The normalized spacial score (nSPS) is 11.9. The Kier molecular flexibility index (Phi) is 5.74. The maximum atomic E-state index is 12.0. The van der Waals surface area contributed by atoms with E-state index in [4.69, 9.17) is 0 Å². The highest BCUT2D eigenvalue weighted by atomic mass is 19.2. The molecule has 1 aromatic carbocycles. The van der Waals surface area contributed by atoms with Gasteiger partial charge in [-0.1, -0.05) is 0 Å². The molecule has 4 aromatic rings. The smallest absolute Gasteiger partial charge is 0.200 e. The van der Waals surface area contributed by atoms with Gasteiger partial charge in [0.05, 0.1) is 22.8 Å². The number of rotatable bonds is 0. The number of aromatic nitrogens is 4. The molecule has 0 fully saturated rings. The fraction of sp³-hybridized carbons (Fsp3) is 0. The highest BCUT2D eigenvalue weighted by Crippen LogP contribution is 2.18. The van der Waals surface area contributed by atoms with Gasteiger partial charge in [0.1, 0.15) is 0 Å². The lowest BCUT2D eigenvalue weighted by Crippen LogP contribution is -1.98. The molecule has 2 aliphatic heterocycles. The predicted molar refractivity (Wildman–Crippen MR) is 125 cm³/mol. The number of fused-ring (bicyclic) bond motifs is 8.